The number of benzene rings is 1. The predicted molar refractivity (Wildman–Crippen MR) is 140 cm³/mol. The first-order valence-electron chi connectivity index (χ1n) is 12.6. The number of aromatic nitrogens is 4. The van der Waals surface area contributed by atoms with Crippen LogP contribution in [0.25, 0.3) is 5.65 Å². The molecule has 2 N–H and O–H groups in total. The van der Waals surface area contributed by atoms with Gasteiger partial charge in [0.05, 0.1) is 26.0 Å². The van der Waals surface area contributed by atoms with Crippen molar-refractivity contribution in [3.05, 3.63) is 35.4 Å². The predicted octanol–water partition coefficient (Wildman–Crippen LogP) is 2.47. The highest BCUT2D eigenvalue weighted by Gasteiger charge is 2.28. The molecule has 10 heteroatoms. The Morgan fingerprint density at radius 2 is 1.89 bits per heavy atom. The lowest BCUT2D eigenvalue weighted by Gasteiger charge is -2.33. The van der Waals surface area contributed by atoms with Gasteiger partial charge in [0.2, 0.25) is 0 Å². The first kappa shape index (κ1) is 25.7. The van der Waals surface area contributed by atoms with Crippen LogP contribution in [0.1, 0.15) is 50.5 Å². The van der Waals surface area contributed by atoms with Gasteiger partial charge in [-0.3, -0.25) is 10.5 Å². The van der Waals surface area contributed by atoms with Crippen molar-refractivity contribution < 1.29 is 19.0 Å². The molecule has 3 aromatic rings. The average Bonchev–Trinajstić information content (AvgIpc) is 3.18. The number of methoxy groups -OCH3 is 1. The Hall–Kier alpha value is -3.40. The fourth-order valence-electron chi connectivity index (χ4n) is 4.58. The minimum Gasteiger partial charge on any atom is -0.494 e. The molecule has 4 rings (SSSR count). The zero-order chi connectivity index (χ0) is 26.0. The summed E-state index contributed by atoms with van der Waals surface area (Å²) in [5, 5.41) is 9.20. The van der Waals surface area contributed by atoms with Crippen molar-refractivity contribution in [2.45, 2.75) is 46.6 Å². The van der Waals surface area contributed by atoms with E-state index in [-0.39, 0.29) is 17.7 Å². The van der Waals surface area contributed by atoms with Gasteiger partial charge in [-0.2, -0.15) is 0 Å². The summed E-state index contributed by atoms with van der Waals surface area (Å²) in [6, 6.07) is 7.66. The van der Waals surface area contributed by atoms with Gasteiger partial charge in [0, 0.05) is 43.4 Å². The number of carbonyl (C=O) groups excluding carboxylic acids is 1. The van der Waals surface area contributed by atoms with E-state index in [0.717, 1.165) is 49.0 Å². The summed E-state index contributed by atoms with van der Waals surface area (Å²) in [4.78, 5) is 17.9. The smallest absolute Gasteiger partial charge is 0.401 e. The third kappa shape index (κ3) is 4.95. The zero-order valence-corrected chi connectivity index (χ0v) is 22.2. The standard InChI is InChI=1S/C26H37N7O3/c1-7-30(8-2)22-9-10-23-28-32(25(27)33(23)29-22)17-21(34)18-15-19(26(3,4)5)24(35-6)20(16-18)31-11-13-36-14-12-31/h9-10,15-16,27H,7-8,11-14,17H2,1-6H3/p+1. The van der Waals surface area contributed by atoms with Gasteiger partial charge < -0.3 is 19.3 Å². The summed E-state index contributed by atoms with van der Waals surface area (Å²) in [7, 11) is 1.68. The topological polar surface area (TPSA) is 102 Å². The van der Waals surface area contributed by atoms with E-state index in [1.807, 2.05) is 24.3 Å². The molecule has 1 aliphatic rings. The van der Waals surface area contributed by atoms with Crippen LogP contribution in [0.4, 0.5) is 17.5 Å². The van der Waals surface area contributed by atoms with Crippen LogP contribution in [0.15, 0.2) is 24.3 Å². The van der Waals surface area contributed by atoms with E-state index in [4.69, 9.17) is 15.2 Å². The maximum absolute atomic E-state index is 13.6. The zero-order valence-electron chi connectivity index (χ0n) is 22.2. The lowest BCUT2D eigenvalue weighted by molar-refractivity contribution is -0.723. The largest absolute Gasteiger partial charge is 0.494 e. The van der Waals surface area contributed by atoms with Crippen LogP contribution < -0.4 is 25.0 Å². The highest BCUT2D eigenvalue weighted by Crippen LogP contribution is 2.40. The Bertz CT molecular complexity index is 1240. The molecule has 0 unspecified atom stereocenters. The third-order valence-electron chi connectivity index (χ3n) is 6.64. The van der Waals surface area contributed by atoms with Crippen LogP contribution in [-0.4, -0.2) is 67.0 Å². The minimum atomic E-state index is -0.220. The number of anilines is 3. The van der Waals surface area contributed by atoms with Crippen LogP contribution in [0.5, 0.6) is 5.75 Å². The van der Waals surface area contributed by atoms with Crippen molar-refractivity contribution in [3.8, 4) is 5.75 Å². The molecule has 2 aromatic heterocycles. The number of nitrogens with two attached hydrogens (primary N) is 1. The molecule has 194 valence electrons. The van der Waals surface area contributed by atoms with Crippen molar-refractivity contribution in [3.63, 3.8) is 0 Å². The second kappa shape index (κ2) is 10.3. The van der Waals surface area contributed by atoms with Gasteiger partial charge in [-0.15, -0.1) is 4.68 Å². The van der Waals surface area contributed by atoms with E-state index in [1.54, 1.807) is 11.6 Å². The van der Waals surface area contributed by atoms with Crippen molar-refractivity contribution in [1.29, 1.82) is 0 Å². The molecule has 1 fully saturated rings. The SMILES string of the molecule is CCN(CC)c1ccc2n[n+](CC(=O)c3cc(N4CCOCC4)c(OC)c(C(C)(C)C)c3)c(N)n2n1. The molecular formula is C26H38N7O3+. The number of ketones is 1. The number of nitrogen functional groups attached to an aromatic ring is 1. The summed E-state index contributed by atoms with van der Waals surface area (Å²) in [6.07, 6.45) is 0. The van der Waals surface area contributed by atoms with Gasteiger partial charge in [-0.25, -0.2) is 0 Å². The summed E-state index contributed by atoms with van der Waals surface area (Å²) >= 11 is 0. The minimum absolute atomic E-state index is 0.00819. The first-order valence-corrected chi connectivity index (χ1v) is 12.6. The van der Waals surface area contributed by atoms with Crippen molar-refractivity contribution in [2.75, 3.05) is 62.0 Å². The Morgan fingerprint density at radius 1 is 1.19 bits per heavy atom. The average molecular weight is 497 g/mol. The van der Waals surface area contributed by atoms with Crippen LogP contribution in [-0.2, 0) is 16.7 Å². The van der Waals surface area contributed by atoms with E-state index < -0.39 is 0 Å². The Balaban J connectivity index is 1.71. The molecule has 36 heavy (non-hydrogen) atoms. The first-order chi connectivity index (χ1) is 17.2. The van der Waals surface area contributed by atoms with Gasteiger partial charge in [-0.1, -0.05) is 35.5 Å². The molecule has 0 radical (unpaired) electrons. The van der Waals surface area contributed by atoms with E-state index >= 15 is 0 Å². The second-order valence-electron chi connectivity index (χ2n) is 10.00. The Kier molecular flexibility index (Phi) is 7.35. The maximum atomic E-state index is 13.6. The van der Waals surface area contributed by atoms with Crippen LogP contribution in [0.3, 0.4) is 0 Å². The molecule has 0 saturated carbocycles. The van der Waals surface area contributed by atoms with E-state index in [1.165, 1.54) is 4.68 Å². The molecule has 0 bridgehead atoms. The molecular weight excluding hydrogens is 458 g/mol. The molecule has 0 aliphatic carbocycles. The monoisotopic (exact) mass is 496 g/mol. The normalized spacial score (nSPS) is 14.3. The molecule has 0 atom stereocenters. The van der Waals surface area contributed by atoms with E-state index in [9.17, 15) is 4.79 Å². The Labute approximate surface area is 212 Å². The van der Waals surface area contributed by atoms with Gasteiger partial charge in [0.25, 0.3) is 5.65 Å². The number of nitrogens with zero attached hydrogens (tertiary/aromatic N) is 6. The third-order valence-corrected chi connectivity index (χ3v) is 6.64. The summed E-state index contributed by atoms with van der Waals surface area (Å²) < 4.78 is 14.5. The second-order valence-corrected chi connectivity index (χ2v) is 10.00. The van der Waals surface area contributed by atoms with Crippen molar-refractivity contribution in [2.24, 2.45) is 0 Å². The Morgan fingerprint density at radius 3 is 2.50 bits per heavy atom. The van der Waals surface area contributed by atoms with Crippen molar-refractivity contribution >= 4 is 28.9 Å². The molecule has 1 aliphatic heterocycles. The van der Waals surface area contributed by atoms with Gasteiger partial charge >= 0.3 is 5.95 Å². The van der Waals surface area contributed by atoms with Crippen LogP contribution in [0.2, 0.25) is 0 Å². The number of hydrogen-bond donors (Lipinski definition) is 1. The lowest BCUT2D eigenvalue weighted by Crippen LogP contribution is -2.42. The summed E-state index contributed by atoms with van der Waals surface area (Å²) in [5.41, 5.74) is 9.26. The number of fused-ring (bicyclic) bond motifs is 1. The highest BCUT2D eigenvalue weighted by molar-refractivity contribution is 5.97. The van der Waals surface area contributed by atoms with Gasteiger partial charge in [0.1, 0.15) is 5.75 Å². The maximum Gasteiger partial charge on any atom is 0.401 e. The number of carbonyl (C=O) groups is 1. The molecule has 3 heterocycles. The van der Waals surface area contributed by atoms with E-state index in [0.29, 0.717) is 30.4 Å². The molecule has 1 aromatic carbocycles. The number of Topliss-reactive ketones (excluding diaryl/α,β-unsaturated/α-hetero) is 1. The van der Waals surface area contributed by atoms with Crippen LogP contribution >= 0.6 is 0 Å². The summed E-state index contributed by atoms with van der Waals surface area (Å²) in [5.74, 6) is 1.84. The quantitative estimate of drug-likeness (QED) is 0.375. The molecule has 0 amide bonds. The van der Waals surface area contributed by atoms with Crippen molar-refractivity contribution in [1.82, 2.24) is 14.7 Å². The number of ether oxygens (including phenoxy) is 2. The molecule has 1 saturated heterocycles. The lowest BCUT2D eigenvalue weighted by atomic mass is 9.84. The number of rotatable bonds is 8. The number of morpholine rings is 1. The fraction of sp³-hybridized carbons (Fsp3) is 0.538. The van der Waals surface area contributed by atoms with Gasteiger partial charge in [-0.05, 0) is 37.5 Å². The van der Waals surface area contributed by atoms with E-state index in [2.05, 4.69) is 54.6 Å². The number of hydrogen-bond acceptors (Lipinski definition) is 8. The van der Waals surface area contributed by atoms with Gasteiger partial charge in [0.15, 0.2) is 18.1 Å². The fourth-order valence-corrected chi connectivity index (χ4v) is 4.58. The highest BCUT2D eigenvalue weighted by atomic mass is 16.5. The molecule has 0 spiro atoms. The van der Waals surface area contributed by atoms with Crippen LogP contribution in [0, 0.1) is 0 Å². The summed E-state index contributed by atoms with van der Waals surface area (Å²) in [6.45, 7) is 15.0. The molecule has 10 nitrogen and oxygen atoms in total.